The Balaban J connectivity index is 1.64. The Bertz CT molecular complexity index is 728. The van der Waals surface area contributed by atoms with Crippen LogP contribution in [0.15, 0.2) is 67.5 Å². The summed E-state index contributed by atoms with van der Waals surface area (Å²) in [6.45, 7) is 3.12. The van der Waals surface area contributed by atoms with Gasteiger partial charge >= 0.3 is 0 Å². The number of hydrogen-bond acceptors (Lipinski definition) is 3. The fourth-order valence-corrected chi connectivity index (χ4v) is 2.73. The molecule has 0 saturated carbocycles. The number of hydrogen-bond donors (Lipinski definition) is 0. The molecule has 0 aliphatic heterocycles. The number of aromatic nitrogens is 3. The van der Waals surface area contributed by atoms with E-state index in [9.17, 15) is 4.39 Å². The van der Waals surface area contributed by atoms with Crippen LogP contribution in [-0.2, 0) is 19.6 Å². The van der Waals surface area contributed by atoms with Crippen LogP contribution in [0.4, 0.5) is 4.39 Å². The van der Waals surface area contributed by atoms with Crippen molar-refractivity contribution in [1.29, 1.82) is 0 Å². The van der Waals surface area contributed by atoms with E-state index in [1.165, 1.54) is 6.07 Å². The van der Waals surface area contributed by atoms with E-state index in [1.54, 1.807) is 18.5 Å². The van der Waals surface area contributed by atoms with E-state index in [4.69, 9.17) is 0 Å². The molecule has 124 valence electrons. The highest BCUT2D eigenvalue weighted by Crippen LogP contribution is 2.13. The Morgan fingerprint density at radius 2 is 1.92 bits per heavy atom. The van der Waals surface area contributed by atoms with Gasteiger partial charge in [0.2, 0.25) is 0 Å². The molecule has 0 saturated heterocycles. The van der Waals surface area contributed by atoms with Gasteiger partial charge in [-0.1, -0.05) is 24.3 Å². The van der Waals surface area contributed by atoms with Crippen LogP contribution in [0.3, 0.4) is 0 Å². The average Bonchev–Trinajstić information content (AvgIpc) is 3.11. The topological polar surface area (TPSA) is 34.0 Å². The summed E-state index contributed by atoms with van der Waals surface area (Å²) in [5.74, 6) is -0.150. The first-order valence-electron chi connectivity index (χ1n) is 8.11. The van der Waals surface area contributed by atoms with Crippen LogP contribution in [-0.4, -0.2) is 26.0 Å². The zero-order chi connectivity index (χ0) is 16.6. The van der Waals surface area contributed by atoms with Crippen molar-refractivity contribution in [2.24, 2.45) is 0 Å². The minimum atomic E-state index is -0.150. The zero-order valence-electron chi connectivity index (χ0n) is 13.6. The highest BCUT2D eigenvalue weighted by Gasteiger charge is 2.10. The van der Waals surface area contributed by atoms with Crippen molar-refractivity contribution in [3.63, 3.8) is 0 Å². The van der Waals surface area contributed by atoms with Gasteiger partial charge in [0.25, 0.3) is 0 Å². The summed E-state index contributed by atoms with van der Waals surface area (Å²) in [7, 11) is 0. The molecule has 0 aliphatic carbocycles. The number of aryl methyl sites for hydroxylation is 1. The molecule has 2 aromatic heterocycles. The van der Waals surface area contributed by atoms with Crippen LogP contribution in [0.2, 0.25) is 0 Å². The van der Waals surface area contributed by atoms with Crippen LogP contribution in [0.25, 0.3) is 0 Å². The van der Waals surface area contributed by atoms with Gasteiger partial charge in [0.1, 0.15) is 5.82 Å². The molecular formula is C19H21FN4. The number of halogens is 1. The Morgan fingerprint density at radius 1 is 1.00 bits per heavy atom. The van der Waals surface area contributed by atoms with Crippen LogP contribution in [0, 0.1) is 5.82 Å². The number of pyridine rings is 1. The maximum absolute atomic E-state index is 14.0. The van der Waals surface area contributed by atoms with Gasteiger partial charge in [-0.2, -0.15) is 0 Å². The van der Waals surface area contributed by atoms with E-state index in [2.05, 4.69) is 25.5 Å². The predicted octanol–water partition coefficient (Wildman–Crippen LogP) is 3.51. The summed E-state index contributed by atoms with van der Waals surface area (Å²) >= 11 is 0. The quantitative estimate of drug-likeness (QED) is 0.636. The summed E-state index contributed by atoms with van der Waals surface area (Å²) in [4.78, 5) is 10.5. The number of rotatable bonds is 8. The third-order valence-corrected chi connectivity index (χ3v) is 3.93. The van der Waals surface area contributed by atoms with Gasteiger partial charge < -0.3 is 4.57 Å². The summed E-state index contributed by atoms with van der Waals surface area (Å²) in [6.07, 6.45) is 10.2. The van der Waals surface area contributed by atoms with Gasteiger partial charge in [0.15, 0.2) is 0 Å². The van der Waals surface area contributed by atoms with E-state index >= 15 is 0 Å². The SMILES string of the molecule is Fc1ccccc1CN(CCCn1ccnc1)Cc1cccnc1. The van der Waals surface area contributed by atoms with Crippen molar-refractivity contribution < 1.29 is 4.39 Å². The Kier molecular flexibility index (Phi) is 5.69. The lowest BCUT2D eigenvalue weighted by Gasteiger charge is -2.23. The first-order chi connectivity index (χ1) is 11.8. The first kappa shape index (κ1) is 16.3. The van der Waals surface area contributed by atoms with Crippen molar-refractivity contribution in [2.75, 3.05) is 6.54 Å². The van der Waals surface area contributed by atoms with Crippen LogP contribution < -0.4 is 0 Å². The molecule has 2 heterocycles. The molecule has 0 bridgehead atoms. The number of imidazole rings is 1. The van der Waals surface area contributed by atoms with E-state index in [-0.39, 0.29) is 5.82 Å². The molecule has 0 amide bonds. The molecule has 24 heavy (non-hydrogen) atoms. The molecule has 3 rings (SSSR count). The second-order valence-electron chi connectivity index (χ2n) is 5.82. The van der Waals surface area contributed by atoms with E-state index in [0.29, 0.717) is 6.54 Å². The predicted molar refractivity (Wildman–Crippen MR) is 91.6 cm³/mol. The van der Waals surface area contributed by atoms with Crippen molar-refractivity contribution in [3.8, 4) is 0 Å². The van der Waals surface area contributed by atoms with Crippen LogP contribution in [0.1, 0.15) is 17.5 Å². The van der Waals surface area contributed by atoms with Gasteiger partial charge in [-0.3, -0.25) is 9.88 Å². The summed E-state index contributed by atoms with van der Waals surface area (Å²) in [5, 5.41) is 0. The first-order valence-corrected chi connectivity index (χ1v) is 8.11. The van der Waals surface area contributed by atoms with Gasteiger partial charge in [-0.25, -0.2) is 9.37 Å². The van der Waals surface area contributed by atoms with Gasteiger partial charge in [-0.15, -0.1) is 0 Å². The Morgan fingerprint density at radius 3 is 2.67 bits per heavy atom. The molecule has 0 spiro atoms. The number of nitrogens with zero attached hydrogens (tertiary/aromatic N) is 4. The fraction of sp³-hybridized carbons (Fsp3) is 0.263. The van der Waals surface area contributed by atoms with Gasteiger partial charge in [0, 0.05) is 56.5 Å². The second-order valence-corrected chi connectivity index (χ2v) is 5.82. The molecule has 5 heteroatoms. The van der Waals surface area contributed by atoms with Crippen molar-refractivity contribution >= 4 is 0 Å². The molecular weight excluding hydrogens is 303 g/mol. The van der Waals surface area contributed by atoms with E-state index in [1.807, 2.05) is 36.9 Å². The normalized spacial score (nSPS) is 11.1. The lowest BCUT2D eigenvalue weighted by molar-refractivity contribution is 0.245. The molecule has 0 radical (unpaired) electrons. The van der Waals surface area contributed by atoms with Crippen molar-refractivity contribution in [3.05, 3.63) is 84.5 Å². The Hall–Kier alpha value is -2.53. The molecule has 0 fully saturated rings. The lowest BCUT2D eigenvalue weighted by Crippen LogP contribution is -2.25. The maximum atomic E-state index is 14.0. The maximum Gasteiger partial charge on any atom is 0.127 e. The van der Waals surface area contributed by atoms with E-state index < -0.39 is 0 Å². The molecule has 0 unspecified atom stereocenters. The lowest BCUT2D eigenvalue weighted by atomic mass is 10.1. The molecule has 0 N–H and O–H groups in total. The van der Waals surface area contributed by atoms with Crippen molar-refractivity contribution in [2.45, 2.75) is 26.1 Å². The molecule has 3 aromatic rings. The summed E-state index contributed by atoms with van der Waals surface area (Å²) < 4.78 is 16.0. The van der Waals surface area contributed by atoms with Crippen molar-refractivity contribution in [1.82, 2.24) is 19.4 Å². The largest absolute Gasteiger partial charge is 0.337 e. The fourth-order valence-electron chi connectivity index (χ4n) is 2.73. The minimum absolute atomic E-state index is 0.150. The zero-order valence-corrected chi connectivity index (χ0v) is 13.6. The minimum Gasteiger partial charge on any atom is -0.337 e. The summed E-state index contributed by atoms with van der Waals surface area (Å²) in [5.41, 5.74) is 1.86. The van der Waals surface area contributed by atoms with Crippen LogP contribution >= 0.6 is 0 Å². The highest BCUT2D eigenvalue weighted by atomic mass is 19.1. The molecule has 1 aromatic carbocycles. The average molecular weight is 324 g/mol. The van der Waals surface area contributed by atoms with Gasteiger partial charge in [-0.05, 0) is 24.1 Å². The third-order valence-electron chi connectivity index (χ3n) is 3.93. The monoisotopic (exact) mass is 324 g/mol. The third kappa shape index (κ3) is 4.73. The van der Waals surface area contributed by atoms with E-state index in [0.717, 1.165) is 37.2 Å². The summed E-state index contributed by atoms with van der Waals surface area (Å²) in [6, 6.07) is 11.0. The van der Waals surface area contributed by atoms with Gasteiger partial charge in [0.05, 0.1) is 6.33 Å². The second kappa shape index (κ2) is 8.36. The molecule has 4 nitrogen and oxygen atoms in total. The van der Waals surface area contributed by atoms with Crippen LogP contribution in [0.5, 0.6) is 0 Å². The number of benzene rings is 1. The smallest absolute Gasteiger partial charge is 0.127 e. The molecule has 0 atom stereocenters. The molecule has 0 aliphatic rings. The highest BCUT2D eigenvalue weighted by molar-refractivity contribution is 5.17. The Labute approximate surface area is 141 Å². The standard InChI is InChI=1S/C19H21FN4/c20-19-7-2-1-6-18(19)15-24(14-17-5-3-8-21-13-17)11-4-10-23-12-9-22-16-23/h1-3,5-9,12-13,16H,4,10-11,14-15H2.